The van der Waals surface area contributed by atoms with Crippen molar-refractivity contribution in [3.05, 3.63) is 35.9 Å². The van der Waals surface area contributed by atoms with Gasteiger partial charge >= 0.3 is 5.97 Å². The maximum Gasteiger partial charge on any atom is 0.305 e. The zero-order valence-electron chi connectivity index (χ0n) is 13.0. The van der Waals surface area contributed by atoms with Crippen LogP contribution < -0.4 is 0 Å². The van der Waals surface area contributed by atoms with Crippen molar-refractivity contribution >= 4 is 5.97 Å². The molecule has 0 spiro atoms. The van der Waals surface area contributed by atoms with Gasteiger partial charge in [-0.1, -0.05) is 30.3 Å². The van der Waals surface area contributed by atoms with Crippen molar-refractivity contribution in [1.29, 1.82) is 0 Å². The summed E-state index contributed by atoms with van der Waals surface area (Å²) < 4.78 is 4.84. The third kappa shape index (κ3) is 2.84. The molecule has 2 saturated heterocycles. The highest BCUT2D eigenvalue weighted by molar-refractivity contribution is 5.69. The van der Waals surface area contributed by atoms with Crippen molar-refractivity contribution in [3.63, 3.8) is 0 Å². The third-order valence-electron chi connectivity index (χ3n) is 5.57. The van der Waals surface area contributed by atoms with Gasteiger partial charge in [0.25, 0.3) is 0 Å². The number of esters is 1. The molecule has 3 heteroatoms. The number of piperidine rings is 1. The largest absolute Gasteiger partial charge is 0.469 e. The van der Waals surface area contributed by atoms with Crippen molar-refractivity contribution in [3.8, 4) is 0 Å². The van der Waals surface area contributed by atoms with E-state index in [2.05, 4.69) is 42.3 Å². The van der Waals surface area contributed by atoms with E-state index in [1.165, 1.54) is 31.9 Å². The standard InChI is InChI=1S/C18H25NO2/c1-19-14-8-10-17(19)15(9-11-18(20)21-2)16(12-14)13-6-4-3-5-7-13/h3-7,14-17H,8-12H2,1-2H3/t14?,15-,16+,17?/m0/s1. The summed E-state index contributed by atoms with van der Waals surface area (Å²) in [7, 11) is 3.74. The van der Waals surface area contributed by atoms with Gasteiger partial charge in [0.1, 0.15) is 0 Å². The highest BCUT2D eigenvalue weighted by atomic mass is 16.5. The number of carbonyl (C=O) groups is 1. The molecular weight excluding hydrogens is 262 g/mol. The van der Waals surface area contributed by atoms with E-state index in [0.29, 0.717) is 24.3 Å². The van der Waals surface area contributed by atoms with Gasteiger partial charge in [-0.3, -0.25) is 4.79 Å². The van der Waals surface area contributed by atoms with Crippen molar-refractivity contribution in [2.75, 3.05) is 14.2 Å². The molecule has 2 heterocycles. The first kappa shape index (κ1) is 14.6. The number of ether oxygens (including phenoxy) is 1. The zero-order valence-corrected chi connectivity index (χ0v) is 13.0. The van der Waals surface area contributed by atoms with Gasteiger partial charge in [0, 0.05) is 18.5 Å². The molecule has 4 atom stereocenters. The minimum atomic E-state index is -0.0791. The molecule has 2 fully saturated rings. The van der Waals surface area contributed by atoms with Gasteiger partial charge < -0.3 is 9.64 Å². The first-order valence-electron chi connectivity index (χ1n) is 8.04. The van der Waals surface area contributed by atoms with Crippen LogP contribution >= 0.6 is 0 Å². The van der Waals surface area contributed by atoms with Crippen LogP contribution in [0.1, 0.15) is 43.6 Å². The summed E-state index contributed by atoms with van der Waals surface area (Å²) in [6, 6.07) is 12.2. The van der Waals surface area contributed by atoms with Gasteiger partial charge in [-0.15, -0.1) is 0 Å². The highest BCUT2D eigenvalue weighted by Crippen LogP contribution is 2.47. The minimum absolute atomic E-state index is 0.0791. The fraction of sp³-hybridized carbons (Fsp3) is 0.611. The molecule has 0 aliphatic carbocycles. The Bertz CT molecular complexity index is 487. The SMILES string of the molecule is COC(=O)CC[C@@H]1C2CCC(C[C@@H]1c1ccccc1)N2C. The molecule has 1 aromatic rings. The average molecular weight is 287 g/mol. The van der Waals surface area contributed by atoms with E-state index < -0.39 is 0 Å². The summed E-state index contributed by atoms with van der Waals surface area (Å²) in [5.41, 5.74) is 1.44. The van der Waals surface area contributed by atoms with Crippen LogP contribution in [-0.4, -0.2) is 37.1 Å². The van der Waals surface area contributed by atoms with E-state index in [-0.39, 0.29) is 5.97 Å². The van der Waals surface area contributed by atoms with Crippen LogP contribution in [0.4, 0.5) is 0 Å². The van der Waals surface area contributed by atoms with Crippen LogP contribution in [0, 0.1) is 5.92 Å². The van der Waals surface area contributed by atoms with E-state index in [1.54, 1.807) is 0 Å². The first-order chi connectivity index (χ1) is 10.2. The molecule has 21 heavy (non-hydrogen) atoms. The quantitative estimate of drug-likeness (QED) is 0.796. The lowest BCUT2D eigenvalue weighted by Crippen LogP contribution is -2.45. The fourth-order valence-electron chi connectivity index (χ4n) is 4.44. The van der Waals surface area contributed by atoms with Crippen LogP contribution in [0.3, 0.4) is 0 Å². The van der Waals surface area contributed by atoms with Crippen LogP contribution in [0.2, 0.25) is 0 Å². The smallest absolute Gasteiger partial charge is 0.305 e. The number of rotatable bonds is 4. The molecule has 2 bridgehead atoms. The molecule has 1 aromatic carbocycles. The maximum atomic E-state index is 11.5. The predicted octanol–water partition coefficient (Wildman–Crippen LogP) is 3.21. The van der Waals surface area contributed by atoms with Crippen molar-refractivity contribution < 1.29 is 9.53 Å². The molecule has 3 nitrogen and oxygen atoms in total. The van der Waals surface area contributed by atoms with Crippen LogP contribution in [0.15, 0.2) is 30.3 Å². The molecule has 0 amide bonds. The maximum absolute atomic E-state index is 11.5. The lowest BCUT2D eigenvalue weighted by molar-refractivity contribution is -0.141. The van der Waals surface area contributed by atoms with Gasteiger partial charge in [0.15, 0.2) is 0 Å². The van der Waals surface area contributed by atoms with Crippen LogP contribution in [-0.2, 0) is 9.53 Å². The highest BCUT2D eigenvalue weighted by Gasteiger charge is 2.45. The van der Waals surface area contributed by atoms with Gasteiger partial charge in [-0.05, 0) is 50.1 Å². The molecule has 2 aliphatic rings. The number of methoxy groups -OCH3 is 1. The van der Waals surface area contributed by atoms with Gasteiger partial charge in [-0.2, -0.15) is 0 Å². The lowest BCUT2D eigenvalue weighted by atomic mass is 9.74. The molecule has 0 saturated carbocycles. The number of fused-ring (bicyclic) bond motifs is 2. The second kappa shape index (κ2) is 6.18. The van der Waals surface area contributed by atoms with E-state index in [0.717, 1.165) is 12.5 Å². The average Bonchev–Trinajstić information content (AvgIpc) is 2.77. The number of carbonyl (C=O) groups excluding carboxylic acids is 1. The molecule has 114 valence electrons. The Morgan fingerprint density at radius 2 is 2.05 bits per heavy atom. The number of hydrogen-bond acceptors (Lipinski definition) is 3. The summed E-state index contributed by atoms with van der Waals surface area (Å²) in [4.78, 5) is 14.1. The Kier molecular flexibility index (Phi) is 4.29. The Labute approximate surface area is 127 Å². The topological polar surface area (TPSA) is 29.5 Å². The lowest BCUT2D eigenvalue weighted by Gasteiger charge is -2.43. The second-order valence-electron chi connectivity index (χ2n) is 6.50. The number of hydrogen-bond donors (Lipinski definition) is 0. The normalized spacial score (nSPS) is 32.1. The number of benzene rings is 1. The Balaban J connectivity index is 1.81. The van der Waals surface area contributed by atoms with Crippen molar-refractivity contribution in [1.82, 2.24) is 4.90 Å². The summed E-state index contributed by atoms with van der Waals surface area (Å²) in [6.07, 6.45) is 5.28. The first-order valence-corrected chi connectivity index (χ1v) is 8.04. The minimum Gasteiger partial charge on any atom is -0.469 e. The third-order valence-corrected chi connectivity index (χ3v) is 5.57. The Morgan fingerprint density at radius 3 is 2.76 bits per heavy atom. The fourth-order valence-corrected chi connectivity index (χ4v) is 4.44. The molecule has 0 aromatic heterocycles. The van der Waals surface area contributed by atoms with Crippen molar-refractivity contribution in [2.24, 2.45) is 5.92 Å². The van der Waals surface area contributed by atoms with Gasteiger partial charge in [-0.25, -0.2) is 0 Å². The molecule has 2 unspecified atom stereocenters. The second-order valence-corrected chi connectivity index (χ2v) is 6.50. The van der Waals surface area contributed by atoms with Crippen LogP contribution in [0.5, 0.6) is 0 Å². The predicted molar refractivity (Wildman–Crippen MR) is 83.1 cm³/mol. The van der Waals surface area contributed by atoms with Crippen molar-refractivity contribution in [2.45, 2.75) is 50.1 Å². The summed E-state index contributed by atoms with van der Waals surface area (Å²) in [5.74, 6) is 1.07. The Morgan fingerprint density at radius 1 is 1.29 bits per heavy atom. The summed E-state index contributed by atoms with van der Waals surface area (Å²) >= 11 is 0. The van der Waals surface area contributed by atoms with E-state index >= 15 is 0 Å². The molecular formula is C18H25NO2. The summed E-state index contributed by atoms with van der Waals surface area (Å²) in [6.45, 7) is 0. The van der Waals surface area contributed by atoms with E-state index in [4.69, 9.17) is 4.74 Å². The Hall–Kier alpha value is -1.35. The van der Waals surface area contributed by atoms with E-state index in [9.17, 15) is 4.79 Å². The van der Waals surface area contributed by atoms with E-state index in [1.807, 2.05) is 0 Å². The molecule has 2 aliphatic heterocycles. The monoisotopic (exact) mass is 287 g/mol. The molecule has 0 radical (unpaired) electrons. The van der Waals surface area contributed by atoms with Gasteiger partial charge in [0.05, 0.1) is 7.11 Å². The van der Waals surface area contributed by atoms with Crippen LogP contribution in [0.25, 0.3) is 0 Å². The summed E-state index contributed by atoms with van der Waals surface area (Å²) in [5, 5.41) is 0. The van der Waals surface area contributed by atoms with Gasteiger partial charge in [0.2, 0.25) is 0 Å². The molecule has 3 rings (SSSR count). The molecule has 0 N–H and O–H groups in total. The number of nitrogens with zero attached hydrogens (tertiary/aromatic N) is 1. The zero-order chi connectivity index (χ0) is 14.8.